The van der Waals surface area contributed by atoms with Gasteiger partial charge in [0.2, 0.25) is 5.91 Å². The first-order valence-electron chi connectivity index (χ1n) is 11.0. The summed E-state index contributed by atoms with van der Waals surface area (Å²) >= 11 is 0. The van der Waals surface area contributed by atoms with E-state index < -0.39 is 0 Å². The lowest BCUT2D eigenvalue weighted by Gasteiger charge is -2.52. The lowest BCUT2D eigenvalue weighted by molar-refractivity contribution is -0.142. The molecule has 0 radical (unpaired) electrons. The first-order valence-corrected chi connectivity index (χ1v) is 11.0. The first kappa shape index (κ1) is 19.1. The predicted octanol–water partition coefficient (Wildman–Crippen LogP) is 3.48. The number of nitrogens with zero attached hydrogens (tertiary/aromatic N) is 3. The third-order valence-corrected chi connectivity index (χ3v) is 6.79. The second-order valence-corrected chi connectivity index (χ2v) is 9.00. The summed E-state index contributed by atoms with van der Waals surface area (Å²) in [5.41, 5.74) is 2.45. The van der Waals surface area contributed by atoms with E-state index in [2.05, 4.69) is 20.1 Å². The van der Waals surface area contributed by atoms with E-state index in [0.29, 0.717) is 35.8 Å². The molecule has 2 unspecified atom stereocenters. The number of piperidine rings is 3. The third-order valence-electron chi connectivity index (χ3n) is 6.79. The second kappa shape index (κ2) is 7.74. The summed E-state index contributed by atoms with van der Waals surface area (Å²) in [6.45, 7) is 4.75. The maximum absolute atomic E-state index is 12.6. The fraction of sp³-hybridized carbons (Fsp3) is 0.458. The van der Waals surface area contributed by atoms with Crippen LogP contribution < -0.4 is 10.2 Å². The Balaban J connectivity index is 1.27. The van der Waals surface area contributed by atoms with Gasteiger partial charge in [0.25, 0.3) is 5.91 Å². The Morgan fingerprint density at radius 3 is 2.87 bits per heavy atom. The van der Waals surface area contributed by atoms with Gasteiger partial charge in [0, 0.05) is 44.0 Å². The largest absolute Gasteiger partial charge is 0.356 e. The molecule has 3 aliphatic heterocycles. The number of benzene rings is 1. The van der Waals surface area contributed by atoms with Gasteiger partial charge in [-0.15, -0.1) is 0 Å². The van der Waals surface area contributed by atoms with E-state index >= 15 is 0 Å². The number of fused-ring (bicyclic) bond motifs is 4. The van der Waals surface area contributed by atoms with Crippen molar-refractivity contribution in [2.24, 2.45) is 11.8 Å². The molecule has 1 aromatic heterocycles. The molecule has 2 aromatic rings. The fourth-order valence-electron chi connectivity index (χ4n) is 5.43. The zero-order chi connectivity index (χ0) is 20.7. The van der Waals surface area contributed by atoms with Gasteiger partial charge in [-0.2, -0.15) is 0 Å². The molecule has 6 nitrogen and oxygen atoms in total. The van der Waals surface area contributed by atoms with Crippen molar-refractivity contribution in [1.82, 2.24) is 9.88 Å². The van der Waals surface area contributed by atoms with Gasteiger partial charge in [-0.1, -0.05) is 12.1 Å². The van der Waals surface area contributed by atoms with Gasteiger partial charge in [0.05, 0.1) is 5.56 Å². The molecule has 156 valence electrons. The summed E-state index contributed by atoms with van der Waals surface area (Å²) in [6, 6.07) is 12.0. The monoisotopic (exact) mass is 404 g/mol. The van der Waals surface area contributed by atoms with E-state index in [4.69, 9.17) is 0 Å². The van der Waals surface area contributed by atoms with Crippen LogP contribution in [0.1, 0.15) is 41.6 Å². The van der Waals surface area contributed by atoms with Crippen LogP contribution >= 0.6 is 0 Å². The number of carbonyl (C=O) groups excluding carboxylic acids is 2. The minimum absolute atomic E-state index is 0.147. The van der Waals surface area contributed by atoms with Gasteiger partial charge in [0.1, 0.15) is 5.82 Å². The molecule has 30 heavy (non-hydrogen) atoms. The molecule has 2 amide bonds. The zero-order valence-electron chi connectivity index (χ0n) is 17.4. The van der Waals surface area contributed by atoms with Crippen molar-refractivity contribution < 1.29 is 9.59 Å². The molecule has 6 heteroatoms. The van der Waals surface area contributed by atoms with E-state index in [1.807, 2.05) is 43.3 Å². The topological polar surface area (TPSA) is 65.5 Å². The standard InChI is InChI=1S/C24H28N4O2/c1-16-4-2-5-20(10-16)26-24(30)18-8-9-22(25-12-18)27-13-17-11-19(15-27)21-6-3-7-23(29)28(21)14-17/h2,4-5,8-10,12,17,19,21H,3,6-7,11,13-15H2,1H3,(H,26,30)/t17?,19?,21-/m1/s1. The zero-order valence-corrected chi connectivity index (χ0v) is 17.4. The van der Waals surface area contributed by atoms with Crippen LogP contribution in [0.3, 0.4) is 0 Å². The molecule has 3 saturated heterocycles. The van der Waals surface area contributed by atoms with Crippen LogP contribution in [-0.4, -0.2) is 47.4 Å². The molecule has 3 atom stereocenters. The number of anilines is 2. The van der Waals surface area contributed by atoms with Gasteiger partial charge >= 0.3 is 0 Å². The third kappa shape index (κ3) is 3.66. The van der Waals surface area contributed by atoms with Gasteiger partial charge in [-0.05, 0) is 67.9 Å². The van der Waals surface area contributed by atoms with Crippen molar-refractivity contribution in [2.75, 3.05) is 29.9 Å². The molecule has 2 bridgehead atoms. The molecule has 0 saturated carbocycles. The van der Waals surface area contributed by atoms with Crippen LogP contribution in [0.5, 0.6) is 0 Å². The minimum atomic E-state index is -0.147. The number of nitrogens with one attached hydrogen (secondary N) is 1. The highest BCUT2D eigenvalue weighted by Gasteiger charge is 2.44. The molecule has 0 aliphatic carbocycles. The molecule has 4 heterocycles. The van der Waals surface area contributed by atoms with E-state index in [1.54, 1.807) is 6.20 Å². The number of pyridine rings is 1. The van der Waals surface area contributed by atoms with Crippen LogP contribution in [0.2, 0.25) is 0 Å². The summed E-state index contributed by atoms with van der Waals surface area (Å²) < 4.78 is 0. The Morgan fingerprint density at radius 2 is 2.07 bits per heavy atom. The van der Waals surface area contributed by atoms with Crippen molar-refractivity contribution in [3.05, 3.63) is 53.7 Å². The lowest BCUT2D eigenvalue weighted by atomic mass is 9.76. The van der Waals surface area contributed by atoms with Crippen molar-refractivity contribution in [3.8, 4) is 0 Å². The first-order chi connectivity index (χ1) is 14.6. The summed E-state index contributed by atoms with van der Waals surface area (Å²) in [4.78, 5) is 34.0. The normalized spacial score (nSPS) is 25.6. The molecule has 1 N–H and O–H groups in total. The van der Waals surface area contributed by atoms with Crippen molar-refractivity contribution in [3.63, 3.8) is 0 Å². The Hall–Kier alpha value is -2.89. The van der Waals surface area contributed by atoms with Gasteiger partial charge < -0.3 is 15.1 Å². The highest BCUT2D eigenvalue weighted by atomic mass is 16.2. The number of carbonyl (C=O) groups is 2. The number of hydrogen-bond donors (Lipinski definition) is 1. The maximum Gasteiger partial charge on any atom is 0.257 e. The fourth-order valence-corrected chi connectivity index (χ4v) is 5.43. The number of amides is 2. The highest BCUT2D eigenvalue weighted by molar-refractivity contribution is 6.04. The molecule has 3 aliphatic rings. The SMILES string of the molecule is Cc1cccc(NC(=O)c2ccc(N3CC4CC(C3)[C@H]3CCCC(=O)N3C4)nc2)c1. The van der Waals surface area contributed by atoms with Crippen LogP contribution in [0.4, 0.5) is 11.5 Å². The van der Waals surface area contributed by atoms with Gasteiger partial charge in [-0.25, -0.2) is 4.98 Å². The van der Waals surface area contributed by atoms with Crippen molar-refractivity contribution in [2.45, 2.75) is 38.6 Å². The van der Waals surface area contributed by atoms with Crippen LogP contribution in [0, 0.1) is 18.8 Å². The molecular formula is C24H28N4O2. The smallest absolute Gasteiger partial charge is 0.257 e. The second-order valence-electron chi connectivity index (χ2n) is 9.00. The molecular weight excluding hydrogens is 376 g/mol. The van der Waals surface area contributed by atoms with Crippen LogP contribution in [-0.2, 0) is 4.79 Å². The Labute approximate surface area is 177 Å². The summed E-state index contributed by atoms with van der Waals surface area (Å²) in [7, 11) is 0. The molecule has 1 aromatic carbocycles. The number of hydrogen-bond acceptors (Lipinski definition) is 4. The number of aryl methyl sites for hydroxylation is 1. The Morgan fingerprint density at radius 1 is 1.17 bits per heavy atom. The van der Waals surface area contributed by atoms with Crippen molar-refractivity contribution in [1.29, 1.82) is 0 Å². The Kier molecular flexibility index (Phi) is 4.93. The van der Waals surface area contributed by atoms with E-state index in [0.717, 1.165) is 49.5 Å². The quantitative estimate of drug-likeness (QED) is 0.851. The van der Waals surface area contributed by atoms with Crippen LogP contribution in [0.25, 0.3) is 0 Å². The van der Waals surface area contributed by atoms with E-state index in [9.17, 15) is 9.59 Å². The van der Waals surface area contributed by atoms with Gasteiger partial charge in [-0.3, -0.25) is 9.59 Å². The van der Waals surface area contributed by atoms with E-state index in [1.165, 1.54) is 6.42 Å². The average molecular weight is 405 g/mol. The predicted molar refractivity (Wildman–Crippen MR) is 117 cm³/mol. The highest BCUT2D eigenvalue weighted by Crippen LogP contribution is 2.38. The number of aromatic nitrogens is 1. The maximum atomic E-state index is 12.6. The molecule has 0 spiro atoms. The molecule has 3 fully saturated rings. The summed E-state index contributed by atoms with van der Waals surface area (Å²) in [5, 5.41) is 2.94. The van der Waals surface area contributed by atoms with Crippen LogP contribution in [0.15, 0.2) is 42.6 Å². The average Bonchev–Trinajstić information content (AvgIpc) is 2.74. The Bertz CT molecular complexity index is 958. The molecule has 5 rings (SSSR count). The number of rotatable bonds is 3. The minimum Gasteiger partial charge on any atom is -0.356 e. The summed E-state index contributed by atoms with van der Waals surface area (Å²) in [6.07, 6.45) is 5.74. The van der Waals surface area contributed by atoms with Gasteiger partial charge in [0.15, 0.2) is 0 Å². The lowest BCUT2D eigenvalue weighted by Crippen LogP contribution is -2.60. The van der Waals surface area contributed by atoms with Crippen molar-refractivity contribution >= 4 is 23.3 Å². The summed E-state index contributed by atoms with van der Waals surface area (Å²) in [5.74, 6) is 2.15. The van der Waals surface area contributed by atoms with E-state index in [-0.39, 0.29) is 5.91 Å².